The average molecular weight is 274 g/mol. The standard InChI is InChI=1S/C14H18N4S/c1-10(2)14(5-6-14)9-18-12(16-17-13(18)19)11-4-3-7-15-8-11/h3-4,7-8,10H,5-6,9H2,1-2H3,(H,17,19). The Labute approximate surface area is 117 Å². The van der Waals surface area contributed by atoms with E-state index in [4.69, 9.17) is 12.2 Å². The van der Waals surface area contributed by atoms with Crippen molar-refractivity contribution in [2.24, 2.45) is 11.3 Å². The van der Waals surface area contributed by atoms with Crippen LogP contribution in [0.1, 0.15) is 26.7 Å². The number of hydrogen-bond donors (Lipinski definition) is 1. The van der Waals surface area contributed by atoms with E-state index >= 15 is 0 Å². The van der Waals surface area contributed by atoms with Gasteiger partial charge in [0.15, 0.2) is 10.6 Å². The number of nitrogens with zero attached hydrogens (tertiary/aromatic N) is 3. The minimum Gasteiger partial charge on any atom is -0.300 e. The summed E-state index contributed by atoms with van der Waals surface area (Å²) in [5.74, 6) is 1.57. The Kier molecular flexibility index (Phi) is 3.01. The number of aromatic nitrogens is 4. The molecule has 1 saturated carbocycles. The van der Waals surface area contributed by atoms with Gasteiger partial charge in [-0.2, -0.15) is 5.10 Å². The van der Waals surface area contributed by atoms with Gasteiger partial charge in [-0.25, -0.2) is 0 Å². The molecule has 0 radical (unpaired) electrons. The van der Waals surface area contributed by atoms with E-state index in [1.807, 2.05) is 18.3 Å². The van der Waals surface area contributed by atoms with Gasteiger partial charge in [0.05, 0.1) is 0 Å². The van der Waals surface area contributed by atoms with Gasteiger partial charge in [-0.15, -0.1) is 0 Å². The molecule has 3 rings (SSSR count). The molecule has 0 saturated heterocycles. The Hall–Kier alpha value is -1.49. The van der Waals surface area contributed by atoms with Crippen LogP contribution in [0.4, 0.5) is 0 Å². The quantitative estimate of drug-likeness (QED) is 0.869. The lowest BCUT2D eigenvalue weighted by molar-refractivity contribution is 0.308. The third-order valence-electron chi connectivity index (χ3n) is 4.27. The van der Waals surface area contributed by atoms with Gasteiger partial charge < -0.3 is 0 Å². The fourth-order valence-corrected chi connectivity index (χ4v) is 2.77. The molecule has 100 valence electrons. The fraction of sp³-hybridized carbons (Fsp3) is 0.500. The van der Waals surface area contributed by atoms with Crippen LogP contribution in [-0.2, 0) is 6.54 Å². The lowest BCUT2D eigenvalue weighted by atomic mass is 9.92. The summed E-state index contributed by atoms with van der Waals surface area (Å²) in [5, 5.41) is 7.28. The van der Waals surface area contributed by atoms with E-state index in [0.29, 0.717) is 16.1 Å². The fourth-order valence-electron chi connectivity index (χ4n) is 2.57. The summed E-state index contributed by atoms with van der Waals surface area (Å²) >= 11 is 5.38. The van der Waals surface area contributed by atoms with E-state index in [-0.39, 0.29) is 0 Å². The number of rotatable bonds is 4. The minimum atomic E-state index is 0.402. The minimum absolute atomic E-state index is 0.402. The zero-order chi connectivity index (χ0) is 13.5. The Morgan fingerprint density at radius 3 is 2.84 bits per heavy atom. The molecule has 0 aromatic carbocycles. The van der Waals surface area contributed by atoms with Crippen molar-refractivity contribution in [1.29, 1.82) is 0 Å². The van der Waals surface area contributed by atoms with Crippen molar-refractivity contribution in [3.8, 4) is 11.4 Å². The van der Waals surface area contributed by atoms with E-state index in [9.17, 15) is 0 Å². The molecular weight excluding hydrogens is 256 g/mol. The molecule has 0 aliphatic heterocycles. The van der Waals surface area contributed by atoms with Gasteiger partial charge in [0.25, 0.3) is 0 Å². The first-order valence-corrected chi connectivity index (χ1v) is 7.09. The SMILES string of the molecule is CC(C)C1(Cn2c(-c3cccnc3)n[nH]c2=S)CC1. The molecule has 0 unspecified atom stereocenters. The molecule has 0 spiro atoms. The van der Waals surface area contributed by atoms with Crippen LogP contribution in [0.25, 0.3) is 11.4 Å². The predicted molar refractivity (Wildman–Crippen MR) is 77.1 cm³/mol. The van der Waals surface area contributed by atoms with E-state index in [1.54, 1.807) is 6.20 Å². The van der Waals surface area contributed by atoms with Crippen molar-refractivity contribution < 1.29 is 0 Å². The molecule has 1 aliphatic rings. The molecule has 19 heavy (non-hydrogen) atoms. The summed E-state index contributed by atoms with van der Waals surface area (Å²) in [4.78, 5) is 4.16. The molecule has 0 bridgehead atoms. The summed E-state index contributed by atoms with van der Waals surface area (Å²) in [6.07, 6.45) is 6.16. The zero-order valence-corrected chi connectivity index (χ0v) is 12.1. The summed E-state index contributed by atoms with van der Waals surface area (Å²) in [6.45, 7) is 5.53. The van der Waals surface area contributed by atoms with Crippen LogP contribution in [0.2, 0.25) is 0 Å². The molecule has 0 atom stereocenters. The van der Waals surface area contributed by atoms with Crippen molar-refractivity contribution in [3.05, 3.63) is 29.3 Å². The average Bonchev–Trinajstić information content (AvgIpc) is 3.11. The second-order valence-corrected chi connectivity index (χ2v) is 6.08. The summed E-state index contributed by atoms with van der Waals surface area (Å²) in [7, 11) is 0. The first kappa shape index (κ1) is 12.5. The molecule has 0 amide bonds. The highest BCUT2D eigenvalue weighted by Gasteiger charge is 2.46. The number of hydrogen-bond acceptors (Lipinski definition) is 3. The highest BCUT2D eigenvalue weighted by molar-refractivity contribution is 7.71. The van der Waals surface area contributed by atoms with Gasteiger partial charge >= 0.3 is 0 Å². The van der Waals surface area contributed by atoms with E-state index < -0.39 is 0 Å². The van der Waals surface area contributed by atoms with Crippen molar-refractivity contribution in [2.45, 2.75) is 33.2 Å². The van der Waals surface area contributed by atoms with E-state index in [2.05, 4.69) is 33.6 Å². The van der Waals surface area contributed by atoms with Crippen molar-refractivity contribution in [1.82, 2.24) is 19.7 Å². The van der Waals surface area contributed by atoms with Crippen molar-refractivity contribution >= 4 is 12.2 Å². The third-order valence-corrected chi connectivity index (χ3v) is 4.58. The topological polar surface area (TPSA) is 46.5 Å². The number of pyridine rings is 1. The van der Waals surface area contributed by atoms with E-state index in [0.717, 1.165) is 17.9 Å². The molecule has 4 nitrogen and oxygen atoms in total. The number of nitrogens with one attached hydrogen (secondary N) is 1. The summed E-state index contributed by atoms with van der Waals surface area (Å²) in [5.41, 5.74) is 1.41. The van der Waals surface area contributed by atoms with Crippen LogP contribution in [0.5, 0.6) is 0 Å². The normalized spacial score (nSPS) is 16.8. The van der Waals surface area contributed by atoms with Gasteiger partial charge in [-0.1, -0.05) is 13.8 Å². The lowest BCUT2D eigenvalue weighted by Crippen LogP contribution is -2.18. The Morgan fingerprint density at radius 1 is 1.47 bits per heavy atom. The Balaban J connectivity index is 1.99. The second-order valence-electron chi connectivity index (χ2n) is 5.70. The number of H-pyrrole nitrogens is 1. The van der Waals surface area contributed by atoms with Gasteiger partial charge in [0.1, 0.15) is 0 Å². The highest BCUT2D eigenvalue weighted by atomic mass is 32.1. The molecular formula is C14H18N4S. The zero-order valence-electron chi connectivity index (χ0n) is 11.3. The molecule has 1 N–H and O–H groups in total. The van der Waals surface area contributed by atoms with Gasteiger partial charge in [-0.05, 0) is 48.5 Å². The largest absolute Gasteiger partial charge is 0.300 e. The molecule has 2 aromatic rings. The first-order valence-electron chi connectivity index (χ1n) is 6.68. The monoisotopic (exact) mass is 274 g/mol. The lowest BCUT2D eigenvalue weighted by Gasteiger charge is -2.20. The number of aromatic amines is 1. The Bertz CT molecular complexity index is 622. The van der Waals surface area contributed by atoms with Crippen molar-refractivity contribution in [2.75, 3.05) is 0 Å². The molecule has 1 fully saturated rings. The predicted octanol–water partition coefficient (Wildman–Crippen LogP) is 3.44. The van der Waals surface area contributed by atoms with Gasteiger partial charge in [0.2, 0.25) is 0 Å². The van der Waals surface area contributed by atoms with Crippen LogP contribution in [0, 0.1) is 16.1 Å². The Morgan fingerprint density at radius 2 is 2.26 bits per heavy atom. The van der Waals surface area contributed by atoms with Crippen molar-refractivity contribution in [3.63, 3.8) is 0 Å². The van der Waals surface area contributed by atoms with Crippen LogP contribution < -0.4 is 0 Å². The van der Waals surface area contributed by atoms with Crippen LogP contribution in [-0.4, -0.2) is 19.7 Å². The van der Waals surface area contributed by atoms with Crippen LogP contribution in [0.3, 0.4) is 0 Å². The van der Waals surface area contributed by atoms with Crippen LogP contribution in [0.15, 0.2) is 24.5 Å². The molecule has 2 aromatic heterocycles. The summed E-state index contributed by atoms with van der Waals surface area (Å²) in [6, 6.07) is 3.94. The smallest absolute Gasteiger partial charge is 0.195 e. The first-order chi connectivity index (χ1) is 9.12. The molecule has 1 aliphatic carbocycles. The maximum atomic E-state index is 5.38. The van der Waals surface area contributed by atoms with Crippen LogP contribution >= 0.6 is 12.2 Å². The van der Waals surface area contributed by atoms with Gasteiger partial charge in [0, 0.05) is 24.5 Å². The van der Waals surface area contributed by atoms with E-state index in [1.165, 1.54) is 12.8 Å². The summed E-state index contributed by atoms with van der Waals surface area (Å²) < 4.78 is 2.82. The maximum Gasteiger partial charge on any atom is 0.195 e. The molecule has 5 heteroatoms. The second kappa shape index (κ2) is 4.56. The highest BCUT2D eigenvalue weighted by Crippen LogP contribution is 2.53. The maximum absolute atomic E-state index is 5.38. The van der Waals surface area contributed by atoms with Gasteiger partial charge in [-0.3, -0.25) is 14.6 Å². The third kappa shape index (κ3) is 2.23. The molecule has 2 heterocycles.